The van der Waals surface area contributed by atoms with E-state index in [0.29, 0.717) is 19.0 Å². The quantitative estimate of drug-likeness (QED) is 0.642. The second kappa shape index (κ2) is 6.79. The maximum absolute atomic E-state index is 10.7. The molecule has 0 fully saturated rings. The molecular formula is C10H21NO3. The predicted molar refractivity (Wildman–Crippen MR) is 55.2 cm³/mol. The third kappa shape index (κ3) is 5.19. The van der Waals surface area contributed by atoms with Crippen LogP contribution in [0.2, 0.25) is 0 Å². The highest BCUT2D eigenvalue weighted by atomic mass is 16.4. The Morgan fingerprint density at radius 1 is 1.36 bits per heavy atom. The zero-order chi connectivity index (χ0) is 11.1. The lowest BCUT2D eigenvalue weighted by molar-refractivity contribution is -0.141. The molecule has 0 saturated carbocycles. The van der Waals surface area contributed by atoms with Crippen LogP contribution in [0.5, 0.6) is 0 Å². The van der Waals surface area contributed by atoms with E-state index in [0.717, 1.165) is 6.54 Å². The number of aliphatic hydroxyl groups is 1. The standard InChI is InChI=1S/C10H21NO3/c1-8(2)11(5-4-6-12)7-9(3)10(13)14/h8-9,12H,4-7H2,1-3H3,(H,13,14). The van der Waals surface area contributed by atoms with Gasteiger partial charge in [-0.05, 0) is 20.3 Å². The average molecular weight is 203 g/mol. The maximum Gasteiger partial charge on any atom is 0.307 e. The van der Waals surface area contributed by atoms with Gasteiger partial charge in [0.15, 0.2) is 0 Å². The number of aliphatic carboxylic acids is 1. The van der Waals surface area contributed by atoms with Crippen LogP contribution >= 0.6 is 0 Å². The van der Waals surface area contributed by atoms with Crippen molar-refractivity contribution < 1.29 is 15.0 Å². The van der Waals surface area contributed by atoms with Crippen LogP contribution in [0.15, 0.2) is 0 Å². The van der Waals surface area contributed by atoms with Gasteiger partial charge < -0.3 is 15.1 Å². The molecule has 0 spiro atoms. The van der Waals surface area contributed by atoms with Crippen LogP contribution in [0.4, 0.5) is 0 Å². The van der Waals surface area contributed by atoms with Gasteiger partial charge in [-0.1, -0.05) is 6.92 Å². The minimum absolute atomic E-state index is 0.157. The molecule has 0 aromatic heterocycles. The Morgan fingerprint density at radius 3 is 2.29 bits per heavy atom. The molecule has 2 N–H and O–H groups in total. The molecule has 0 aliphatic heterocycles. The first-order valence-corrected chi connectivity index (χ1v) is 5.06. The summed E-state index contributed by atoms with van der Waals surface area (Å²) in [6, 6.07) is 0.323. The largest absolute Gasteiger partial charge is 0.481 e. The molecule has 1 atom stereocenters. The van der Waals surface area contributed by atoms with E-state index in [9.17, 15) is 4.79 Å². The number of nitrogens with zero attached hydrogens (tertiary/aromatic N) is 1. The Bertz CT molecular complexity index is 171. The minimum atomic E-state index is -0.764. The van der Waals surface area contributed by atoms with E-state index in [4.69, 9.17) is 10.2 Å². The summed E-state index contributed by atoms with van der Waals surface area (Å²) in [5.74, 6) is -1.12. The summed E-state index contributed by atoms with van der Waals surface area (Å²) < 4.78 is 0. The SMILES string of the molecule is CC(CN(CCCO)C(C)C)C(=O)O. The third-order valence-electron chi connectivity index (χ3n) is 2.26. The average Bonchev–Trinajstić information content (AvgIpc) is 2.10. The van der Waals surface area contributed by atoms with E-state index in [2.05, 4.69) is 4.90 Å². The van der Waals surface area contributed by atoms with Gasteiger partial charge in [-0.2, -0.15) is 0 Å². The number of hydrogen-bond donors (Lipinski definition) is 2. The summed E-state index contributed by atoms with van der Waals surface area (Å²) in [5.41, 5.74) is 0. The second-order valence-corrected chi connectivity index (χ2v) is 3.91. The van der Waals surface area contributed by atoms with Gasteiger partial charge in [-0.25, -0.2) is 0 Å². The van der Waals surface area contributed by atoms with Crippen LogP contribution in [-0.2, 0) is 4.79 Å². The lowest BCUT2D eigenvalue weighted by Crippen LogP contribution is -2.37. The molecule has 0 radical (unpaired) electrons. The van der Waals surface area contributed by atoms with E-state index in [1.165, 1.54) is 0 Å². The van der Waals surface area contributed by atoms with Crippen molar-refractivity contribution in [1.29, 1.82) is 0 Å². The van der Waals surface area contributed by atoms with Crippen LogP contribution in [-0.4, -0.2) is 46.8 Å². The van der Waals surface area contributed by atoms with E-state index < -0.39 is 5.97 Å². The van der Waals surface area contributed by atoms with E-state index in [1.807, 2.05) is 13.8 Å². The van der Waals surface area contributed by atoms with Crippen LogP contribution in [0.1, 0.15) is 27.2 Å². The lowest BCUT2D eigenvalue weighted by Gasteiger charge is -2.27. The molecule has 0 rings (SSSR count). The Balaban J connectivity index is 4.02. The van der Waals surface area contributed by atoms with E-state index in [-0.39, 0.29) is 12.5 Å². The summed E-state index contributed by atoms with van der Waals surface area (Å²) in [6.45, 7) is 7.23. The van der Waals surface area contributed by atoms with Crippen LogP contribution < -0.4 is 0 Å². The molecule has 0 aliphatic rings. The van der Waals surface area contributed by atoms with Crippen molar-refractivity contribution in [2.24, 2.45) is 5.92 Å². The van der Waals surface area contributed by atoms with Gasteiger partial charge in [-0.3, -0.25) is 4.79 Å². The Hall–Kier alpha value is -0.610. The van der Waals surface area contributed by atoms with Gasteiger partial charge >= 0.3 is 5.97 Å². The molecule has 0 heterocycles. The molecule has 0 aromatic rings. The summed E-state index contributed by atoms with van der Waals surface area (Å²) in [6.07, 6.45) is 0.699. The Labute approximate surface area is 85.5 Å². The molecule has 4 heteroatoms. The molecule has 4 nitrogen and oxygen atoms in total. The van der Waals surface area contributed by atoms with Gasteiger partial charge in [0, 0.05) is 25.7 Å². The number of carboxylic acids is 1. The Morgan fingerprint density at radius 2 is 1.93 bits per heavy atom. The zero-order valence-electron chi connectivity index (χ0n) is 9.23. The highest BCUT2D eigenvalue weighted by molar-refractivity contribution is 5.69. The summed E-state index contributed by atoms with van der Waals surface area (Å²) >= 11 is 0. The number of carbonyl (C=O) groups is 1. The molecule has 0 amide bonds. The second-order valence-electron chi connectivity index (χ2n) is 3.91. The topological polar surface area (TPSA) is 60.8 Å². The van der Waals surface area contributed by atoms with Crippen molar-refractivity contribution in [3.63, 3.8) is 0 Å². The van der Waals surface area contributed by atoms with Gasteiger partial charge in [0.2, 0.25) is 0 Å². The minimum Gasteiger partial charge on any atom is -0.481 e. The predicted octanol–water partition coefficient (Wildman–Crippen LogP) is 0.800. The fraction of sp³-hybridized carbons (Fsp3) is 0.900. The van der Waals surface area contributed by atoms with Gasteiger partial charge in [0.25, 0.3) is 0 Å². The number of rotatable bonds is 7. The number of carboxylic acid groups (broad SMARTS) is 1. The molecule has 84 valence electrons. The maximum atomic E-state index is 10.7. The first-order valence-electron chi connectivity index (χ1n) is 5.06. The van der Waals surface area contributed by atoms with Gasteiger partial charge in [0.1, 0.15) is 0 Å². The van der Waals surface area contributed by atoms with Crippen molar-refractivity contribution in [3.8, 4) is 0 Å². The molecule has 0 bridgehead atoms. The van der Waals surface area contributed by atoms with Crippen LogP contribution in [0.25, 0.3) is 0 Å². The van der Waals surface area contributed by atoms with Gasteiger partial charge in [-0.15, -0.1) is 0 Å². The zero-order valence-corrected chi connectivity index (χ0v) is 9.23. The fourth-order valence-electron chi connectivity index (χ4n) is 1.26. The van der Waals surface area contributed by atoms with Crippen molar-refractivity contribution in [2.75, 3.05) is 19.7 Å². The highest BCUT2D eigenvalue weighted by Crippen LogP contribution is 2.05. The molecular weight excluding hydrogens is 182 g/mol. The summed E-state index contributed by atoms with van der Waals surface area (Å²) in [4.78, 5) is 12.7. The van der Waals surface area contributed by atoms with E-state index >= 15 is 0 Å². The van der Waals surface area contributed by atoms with Crippen molar-refractivity contribution >= 4 is 5.97 Å². The fourth-order valence-corrected chi connectivity index (χ4v) is 1.26. The first kappa shape index (κ1) is 13.4. The lowest BCUT2D eigenvalue weighted by atomic mass is 10.1. The highest BCUT2D eigenvalue weighted by Gasteiger charge is 2.17. The molecule has 14 heavy (non-hydrogen) atoms. The van der Waals surface area contributed by atoms with Crippen LogP contribution in [0, 0.1) is 5.92 Å². The third-order valence-corrected chi connectivity index (χ3v) is 2.26. The van der Waals surface area contributed by atoms with E-state index in [1.54, 1.807) is 6.92 Å². The van der Waals surface area contributed by atoms with Gasteiger partial charge in [0.05, 0.1) is 5.92 Å². The first-order chi connectivity index (χ1) is 6.49. The van der Waals surface area contributed by atoms with Crippen LogP contribution in [0.3, 0.4) is 0 Å². The normalized spacial score (nSPS) is 13.6. The molecule has 0 saturated heterocycles. The summed E-state index contributed by atoms with van der Waals surface area (Å²) in [7, 11) is 0. The molecule has 0 aliphatic carbocycles. The Kier molecular flexibility index (Phi) is 6.49. The number of hydrogen-bond acceptors (Lipinski definition) is 3. The smallest absolute Gasteiger partial charge is 0.307 e. The number of aliphatic hydroxyl groups excluding tert-OH is 1. The molecule has 0 aromatic carbocycles. The van der Waals surface area contributed by atoms with Crippen molar-refractivity contribution in [3.05, 3.63) is 0 Å². The molecule has 1 unspecified atom stereocenters. The summed E-state index contributed by atoms with van der Waals surface area (Å²) in [5, 5.41) is 17.5. The van der Waals surface area contributed by atoms with Crippen molar-refractivity contribution in [2.45, 2.75) is 33.2 Å². The monoisotopic (exact) mass is 203 g/mol. The van der Waals surface area contributed by atoms with Crippen molar-refractivity contribution in [1.82, 2.24) is 4.90 Å².